The molecule has 5 unspecified atom stereocenters. The van der Waals surface area contributed by atoms with Crippen molar-refractivity contribution in [3.05, 3.63) is 53.6 Å². The van der Waals surface area contributed by atoms with E-state index in [1.54, 1.807) is 21.3 Å². The molecule has 0 spiro atoms. The quantitative estimate of drug-likeness (QED) is 0.229. The lowest BCUT2D eigenvalue weighted by molar-refractivity contribution is -0.314. The van der Waals surface area contributed by atoms with Crippen molar-refractivity contribution in [1.82, 2.24) is 4.90 Å². The van der Waals surface area contributed by atoms with Gasteiger partial charge in [-0.15, -0.1) is 0 Å². The fourth-order valence-corrected chi connectivity index (χ4v) is 13.0. The Bertz CT molecular complexity index is 1820. The number of hydrogen-bond donors (Lipinski definition) is 0. The third-order valence-electron chi connectivity index (χ3n) is 16.0. The normalized spacial score (nSPS) is 43.7. The number of Topliss-reactive ketones (excluding diaryl/α,β-unsaturated/α-hetero) is 2. The molecule has 1 aromatic carbocycles. The summed E-state index contributed by atoms with van der Waals surface area (Å²) in [5.41, 5.74) is 2.27. The number of esters is 1. The first kappa shape index (κ1) is 45.7. The second-order valence-electron chi connectivity index (χ2n) is 19.5. The Morgan fingerprint density at radius 3 is 2.13 bits per heavy atom. The zero-order valence-corrected chi connectivity index (χ0v) is 38.3. The molecule has 4 aliphatic carbocycles. The van der Waals surface area contributed by atoms with Crippen LogP contribution >= 0.6 is 0 Å². The van der Waals surface area contributed by atoms with Gasteiger partial charge < -0.3 is 42.8 Å². The minimum Gasteiger partial charge on any atom is -0.462 e. The van der Waals surface area contributed by atoms with E-state index in [0.29, 0.717) is 37.3 Å². The highest BCUT2D eigenvalue weighted by Crippen LogP contribution is 2.63. The summed E-state index contributed by atoms with van der Waals surface area (Å²) in [7, 11) is 9.10. The number of allylic oxidation sites excluding steroid dienone is 4. The zero-order valence-electron chi connectivity index (χ0n) is 38.3. The Morgan fingerprint density at radius 2 is 1.47 bits per heavy atom. The standard InChI is InChI=1S/C50H71NO11/c1-10-30-17-14-18-40(62-42-20-19-39(51(5)6)27(3)58-42)26(2)45(53)38-24-35-33-21-31(61-50-49(57-9)48(56-8)47(55-7)28(4)59-50)22-34(33)36-23-32(29-15-12-11-13-16-29)46(54)44(36)43(35)37(38)25-41(52)60-30/h11-13,15-16,23-24,26-28,30-31,33-37,39-40,42-44,47-50H,10,14,17-22,25H2,1-9H3/t26-,27?,28?,30+,31+,33-,34-,35+,36?,37-,39+,40+,42+,43-,44?,47+,48?,49+,50+/m1/s1. The molecule has 0 amide bonds. The molecule has 3 saturated heterocycles. The monoisotopic (exact) mass is 862 g/mol. The van der Waals surface area contributed by atoms with E-state index in [1.165, 1.54) is 0 Å². The summed E-state index contributed by atoms with van der Waals surface area (Å²) in [6.07, 6.45) is 6.90. The number of likely N-dealkylation sites (N-methyl/N-ethyl adjacent to an activating group) is 1. The highest BCUT2D eigenvalue weighted by Gasteiger charge is 2.62. The SMILES string of the molecule is CC[C@H]1CCC[C@H](O[C@H]2CC[C@H](N(C)C)C(C)O2)[C@@H](C)C(=O)C2=C[C@H]3[C@@H]4C[C@H](O[C@@H]5OC(C)[C@H](OC)C(OC)[C@@H]5OC)C[C@H]4C4C=C(c5ccccc5)C(=O)C4[C@H]3[C@@H]2CC(=O)O1. The molecule has 5 fully saturated rings. The maximum atomic E-state index is 15.2. The van der Waals surface area contributed by atoms with E-state index in [4.69, 9.17) is 37.9 Å². The van der Waals surface area contributed by atoms with Gasteiger partial charge in [0.2, 0.25) is 0 Å². The van der Waals surface area contributed by atoms with Gasteiger partial charge in [0.15, 0.2) is 24.1 Å². The fraction of sp³-hybridized carbons (Fsp3) is 0.740. The molecule has 2 saturated carbocycles. The average Bonchev–Trinajstić information content (AvgIpc) is 3.95. The number of ketones is 2. The first-order chi connectivity index (χ1) is 29.9. The van der Waals surface area contributed by atoms with Crippen molar-refractivity contribution in [2.75, 3.05) is 35.4 Å². The van der Waals surface area contributed by atoms with Crippen LogP contribution in [0.1, 0.15) is 91.0 Å². The first-order valence-electron chi connectivity index (χ1n) is 23.5. The molecular weight excluding hydrogens is 791 g/mol. The number of rotatable bonds is 10. The van der Waals surface area contributed by atoms with Crippen molar-refractivity contribution >= 4 is 23.1 Å². The Morgan fingerprint density at radius 1 is 0.758 bits per heavy atom. The highest BCUT2D eigenvalue weighted by atomic mass is 16.7. The van der Waals surface area contributed by atoms with E-state index in [1.807, 2.05) is 44.2 Å². The molecule has 342 valence electrons. The van der Waals surface area contributed by atoms with Crippen LogP contribution < -0.4 is 0 Å². The van der Waals surface area contributed by atoms with E-state index in [-0.39, 0.29) is 90.2 Å². The third kappa shape index (κ3) is 8.68. The number of carbonyl (C=O) groups excluding carboxylic acids is 3. The van der Waals surface area contributed by atoms with Gasteiger partial charge in [0.05, 0.1) is 30.8 Å². The lowest BCUT2D eigenvalue weighted by Crippen LogP contribution is -2.59. The molecule has 0 bridgehead atoms. The molecule has 62 heavy (non-hydrogen) atoms. The minimum absolute atomic E-state index is 0.00346. The maximum Gasteiger partial charge on any atom is 0.306 e. The van der Waals surface area contributed by atoms with Crippen molar-refractivity contribution in [3.8, 4) is 0 Å². The molecule has 0 N–H and O–H groups in total. The van der Waals surface area contributed by atoms with Crippen molar-refractivity contribution in [3.63, 3.8) is 0 Å². The predicted molar refractivity (Wildman–Crippen MR) is 231 cm³/mol. The van der Waals surface area contributed by atoms with Gasteiger partial charge >= 0.3 is 5.97 Å². The zero-order chi connectivity index (χ0) is 44.0. The van der Waals surface area contributed by atoms with Gasteiger partial charge in [-0.3, -0.25) is 14.4 Å². The molecule has 1 aromatic rings. The van der Waals surface area contributed by atoms with Crippen LogP contribution in [0.15, 0.2) is 48.1 Å². The van der Waals surface area contributed by atoms with E-state index in [9.17, 15) is 4.79 Å². The van der Waals surface area contributed by atoms with Crippen LogP contribution in [-0.4, -0.2) is 125 Å². The molecule has 8 rings (SSSR count). The van der Waals surface area contributed by atoms with Gasteiger partial charge in [-0.2, -0.15) is 0 Å². The smallest absolute Gasteiger partial charge is 0.306 e. The van der Waals surface area contributed by atoms with Gasteiger partial charge in [0.1, 0.15) is 24.4 Å². The number of ether oxygens (including phenoxy) is 8. The molecule has 0 aromatic heterocycles. The summed E-state index contributed by atoms with van der Waals surface area (Å²) >= 11 is 0. The fourth-order valence-electron chi connectivity index (χ4n) is 13.0. The predicted octanol–water partition coefficient (Wildman–Crippen LogP) is 6.83. The highest BCUT2D eigenvalue weighted by molar-refractivity contribution is 6.24. The molecular formula is C50H71NO11. The number of fused-ring (bicyclic) bond motifs is 8. The van der Waals surface area contributed by atoms with Gasteiger partial charge in [-0.1, -0.05) is 56.3 Å². The van der Waals surface area contributed by atoms with Crippen molar-refractivity contribution < 1.29 is 52.3 Å². The number of cyclic esters (lactones) is 1. The van der Waals surface area contributed by atoms with Gasteiger partial charge in [0.25, 0.3) is 0 Å². The second-order valence-corrected chi connectivity index (χ2v) is 19.5. The van der Waals surface area contributed by atoms with E-state index >= 15 is 9.59 Å². The Hall–Kier alpha value is -2.81. The second kappa shape index (κ2) is 19.3. The molecule has 12 nitrogen and oxygen atoms in total. The van der Waals surface area contributed by atoms with E-state index in [2.05, 4.69) is 45.0 Å². The largest absolute Gasteiger partial charge is 0.462 e. The minimum atomic E-state index is -0.689. The molecule has 3 aliphatic heterocycles. The third-order valence-corrected chi connectivity index (χ3v) is 16.0. The Balaban J connectivity index is 1.13. The summed E-state index contributed by atoms with van der Waals surface area (Å²) in [4.78, 5) is 46.6. The van der Waals surface area contributed by atoms with Crippen LogP contribution in [-0.2, 0) is 52.3 Å². The Labute approximate surface area is 368 Å². The van der Waals surface area contributed by atoms with Crippen LogP contribution in [0.4, 0.5) is 0 Å². The molecule has 0 radical (unpaired) electrons. The van der Waals surface area contributed by atoms with Crippen LogP contribution in [0.3, 0.4) is 0 Å². The maximum absolute atomic E-state index is 15.2. The topological polar surface area (TPSA) is 128 Å². The lowest BCUT2D eigenvalue weighted by Gasteiger charge is -2.45. The number of hydrogen-bond acceptors (Lipinski definition) is 12. The first-order valence-corrected chi connectivity index (χ1v) is 23.5. The van der Waals surface area contributed by atoms with Gasteiger partial charge in [-0.25, -0.2) is 0 Å². The van der Waals surface area contributed by atoms with Crippen LogP contribution in [0.25, 0.3) is 5.57 Å². The van der Waals surface area contributed by atoms with Crippen molar-refractivity contribution in [1.29, 1.82) is 0 Å². The number of nitrogens with zero attached hydrogens (tertiary/aromatic N) is 1. The lowest BCUT2D eigenvalue weighted by atomic mass is 9.57. The van der Waals surface area contributed by atoms with E-state index in [0.717, 1.165) is 36.8 Å². The molecule has 3 heterocycles. The van der Waals surface area contributed by atoms with Crippen molar-refractivity contribution in [2.24, 2.45) is 47.3 Å². The van der Waals surface area contributed by atoms with E-state index < -0.39 is 42.5 Å². The van der Waals surface area contributed by atoms with Gasteiger partial charge in [-0.05, 0) is 120 Å². The number of benzene rings is 1. The summed E-state index contributed by atoms with van der Waals surface area (Å²) in [6.45, 7) is 8.10. The molecule has 19 atom stereocenters. The van der Waals surface area contributed by atoms with Crippen molar-refractivity contribution in [2.45, 2.75) is 153 Å². The average molecular weight is 862 g/mol. The van der Waals surface area contributed by atoms with Crippen LogP contribution in [0, 0.1) is 47.3 Å². The summed E-state index contributed by atoms with van der Waals surface area (Å²) in [5.74, 6) is -1.79. The summed E-state index contributed by atoms with van der Waals surface area (Å²) in [5, 5.41) is 0. The summed E-state index contributed by atoms with van der Waals surface area (Å²) < 4.78 is 50.5. The van der Waals surface area contributed by atoms with Crippen LogP contribution in [0.2, 0.25) is 0 Å². The number of carbonyl (C=O) groups is 3. The van der Waals surface area contributed by atoms with Crippen LogP contribution in [0.5, 0.6) is 0 Å². The molecule has 7 aliphatic rings. The molecule has 12 heteroatoms. The summed E-state index contributed by atoms with van der Waals surface area (Å²) in [6, 6.07) is 10.2. The number of methoxy groups -OCH3 is 3. The Kier molecular flexibility index (Phi) is 14.3. The van der Waals surface area contributed by atoms with Gasteiger partial charge in [0, 0.05) is 50.7 Å².